The van der Waals surface area contributed by atoms with Crippen molar-refractivity contribution in [3.63, 3.8) is 0 Å². The molecule has 1 amide bonds. The Balaban J connectivity index is 2.46. The maximum absolute atomic E-state index is 11.6. The van der Waals surface area contributed by atoms with Gasteiger partial charge in [-0.15, -0.1) is 6.42 Å². The molecule has 0 heterocycles. The highest BCUT2D eigenvalue weighted by Gasteiger charge is 2.25. The summed E-state index contributed by atoms with van der Waals surface area (Å²) in [5.41, 5.74) is -0.476. The second-order valence-electron chi connectivity index (χ2n) is 5.69. The van der Waals surface area contributed by atoms with Crippen LogP contribution in [-0.4, -0.2) is 17.7 Å². The third-order valence-corrected chi connectivity index (χ3v) is 2.97. The van der Waals surface area contributed by atoms with Crippen LogP contribution in [0.4, 0.5) is 4.79 Å². The molecule has 17 heavy (non-hydrogen) atoms. The number of amides is 1. The molecule has 0 bridgehead atoms. The van der Waals surface area contributed by atoms with Crippen molar-refractivity contribution < 1.29 is 9.53 Å². The van der Waals surface area contributed by atoms with Gasteiger partial charge in [0.25, 0.3) is 0 Å². The molecule has 0 aromatic rings. The number of nitrogens with one attached hydrogen (secondary N) is 1. The van der Waals surface area contributed by atoms with Crippen LogP contribution in [0.2, 0.25) is 0 Å². The average molecular weight is 237 g/mol. The lowest BCUT2D eigenvalue weighted by Crippen LogP contribution is -2.42. The smallest absolute Gasteiger partial charge is 0.408 e. The molecule has 1 unspecified atom stereocenters. The largest absolute Gasteiger partial charge is 0.444 e. The topological polar surface area (TPSA) is 38.3 Å². The molecule has 0 aromatic carbocycles. The van der Waals surface area contributed by atoms with Crippen LogP contribution >= 0.6 is 0 Å². The molecule has 0 radical (unpaired) electrons. The molecule has 1 aliphatic carbocycles. The minimum Gasteiger partial charge on any atom is -0.444 e. The minimum absolute atomic E-state index is 0.190. The quantitative estimate of drug-likeness (QED) is 0.749. The van der Waals surface area contributed by atoms with Crippen molar-refractivity contribution in [3.05, 3.63) is 0 Å². The van der Waals surface area contributed by atoms with Crippen LogP contribution in [0.25, 0.3) is 0 Å². The summed E-state index contributed by atoms with van der Waals surface area (Å²) in [5, 5.41) is 2.80. The molecule has 1 fully saturated rings. The van der Waals surface area contributed by atoms with Gasteiger partial charge < -0.3 is 10.1 Å². The Bertz CT molecular complexity index is 292. The summed E-state index contributed by atoms with van der Waals surface area (Å²) >= 11 is 0. The van der Waals surface area contributed by atoms with Crippen molar-refractivity contribution in [2.24, 2.45) is 5.92 Å². The first-order valence-electron chi connectivity index (χ1n) is 6.38. The third kappa shape index (κ3) is 5.12. The lowest BCUT2D eigenvalue weighted by molar-refractivity contribution is 0.0497. The zero-order chi connectivity index (χ0) is 12.9. The van der Waals surface area contributed by atoms with Gasteiger partial charge in [-0.1, -0.05) is 25.2 Å². The van der Waals surface area contributed by atoms with Gasteiger partial charge in [0, 0.05) is 0 Å². The number of hydrogen-bond donors (Lipinski definition) is 1. The summed E-state index contributed by atoms with van der Waals surface area (Å²) in [7, 11) is 0. The molecule has 0 aromatic heterocycles. The van der Waals surface area contributed by atoms with E-state index in [1.807, 2.05) is 20.8 Å². The summed E-state index contributed by atoms with van der Waals surface area (Å²) in [6.45, 7) is 5.54. The van der Waals surface area contributed by atoms with Crippen LogP contribution in [0.1, 0.15) is 52.9 Å². The minimum atomic E-state index is -0.476. The first-order chi connectivity index (χ1) is 7.92. The van der Waals surface area contributed by atoms with E-state index in [0.717, 1.165) is 12.8 Å². The lowest BCUT2D eigenvalue weighted by atomic mass is 9.84. The van der Waals surface area contributed by atoms with Crippen LogP contribution in [0.15, 0.2) is 0 Å². The Kier molecular flexibility index (Phi) is 4.86. The van der Waals surface area contributed by atoms with Crippen molar-refractivity contribution in [3.8, 4) is 12.3 Å². The second kappa shape index (κ2) is 5.95. The number of rotatable bonds is 2. The predicted molar refractivity (Wildman–Crippen MR) is 68.6 cm³/mol. The Hall–Kier alpha value is -1.17. The van der Waals surface area contributed by atoms with Gasteiger partial charge in [-0.25, -0.2) is 4.79 Å². The highest BCUT2D eigenvalue weighted by atomic mass is 16.6. The highest BCUT2D eigenvalue weighted by Crippen LogP contribution is 2.26. The van der Waals surface area contributed by atoms with E-state index < -0.39 is 11.7 Å². The molecule has 0 spiro atoms. The number of carbonyl (C=O) groups excluding carboxylic acids is 1. The van der Waals surface area contributed by atoms with Crippen molar-refractivity contribution in [2.75, 3.05) is 0 Å². The van der Waals surface area contributed by atoms with E-state index in [1.54, 1.807) is 0 Å². The van der Waals surface area contributed by atoms with Crippen molar-refractivity contribution in [1.29, 1.82) is 0 Å². The number of alkyl carbamates (subject to hydrolysis) is 1. The number of carbonyl (C=O) groups is 1. The van der Waals surface area contributed by atoms with E-state index in [2.05, 4.69) is 11.2 Å². The SMILES string of the molecule is C#CC(NC(=O)OC(C)(C)C)C1CCCCC1. The molecule has 0 aliphatic heterocycles. The van der Waals surface area contributed by atoms with Crippen molar-refractivity contribution in [1.82, 2.24) is 5.32 Å². The standard InChI is InChI=1S/C14H23NO2/c1-5-12(11-9-7-6-8-10-11)15-13(16)17-14(2,3)4/h1,11-12H,6-10H2,2-4H3,(H,15,16). The van der Waals surface area contributed by atoms with Crippen molar-refractivity contribution >= 4 is 6.09 Å². The molecular formula is C14H23NO2. The van der Waals surface area contributed by atoms with Crippen LogP contribution in [0.5, 0.6) is 0 Å². The molecule has 3 nitrogen and oxygen atoms in total. The Morgan fingerprint density at radius 2 is 1.94 bits per heavy atom. The summed E-state index contributed by atoms with van der Waals surface area (Å²) < 4.78 is 5.22. The van der Waals surface area contributed by atoms with Gasteiger partial charge in [0.15, 0.2) is 0 Å². The van der Waals surface area contributed by atoms with Crippen molar-refractivity contribution in [2.45, 2.75) is 64.5 Å². The molecule has 96 valence electrons. The normalized spacial score (nSPS) is 19.2. The van der Waals surface area contributed by atoms with Crippen LogP contribution in [0.3, 0.4) is 0 Å². The monoisotopic (exact) mass is 237 g/mol. The molecular weight excluding hydrogens is 214 g/mol. The first-order valence-corrected chi connectivity index (χ1v) is 6.38. The molecule has 3 heteroatoms. The van der Waals surface area contributed by atoms with E-state index in [9.17, 15) is 4.79 Å². The van der Waals surface area contributed by atoms with Gasteiger partial charge in [-0.2, -0.15) is 0 Å². The Labute approximate surface area is 104 Å². The maximum atomic E-state index is 11.6. The van der Waals surface area contributed by atoms with Crippen LogP contribution < -0.4 is 5.32 Å². The van der Waals surface area contributed by atoms with E-state index in [0.29, 0.717) is 5.92 Å². The van der Waals surface area contributed by atoms with Gasteiger partial charge in [0.05, 0.1) is 6.04 Å². The molecule has 1 rings (SSSR count). The first kappa shape index (κ1) is 13.9. The second-order valence-corrected chi connectivity index (χ2v) is 5.69. The zero-order valence-electron chi connectivity index (χ0n) is 11.1. The molecule has 0 saturated heterocycles. The third-order valence-electron chi connectivity index (χ3n) is 2.97. The Morgan fingerprint density at radius 3 is 2.41 bits per heavy atom. The molecule has 1 atom stereocenters. The summed E-state index contributed by atoms with van der Waals surface area (Å²) in [5.74, 6) is 3.08. The number of hydrogen-bond acceptors (Lipinski definition) is 2. The van der Waals surface area contributed by atoms with E-state index in [4.69, 9.17) is 11.2 Å². The molecule has 1 saturated carbocycles. The summed E-state index contributed by atoms with van der Waals surface area (Å²) in [6, 6.07) is -0.190. The van der Waals surface area contributed by atoms with Gasteiger partial charge in [-0.05, 0) is 39.5 Å². The summed E-state index contributed by atoms with van der Waals surface area (Å²) in [6.07, 6.45) is 11.0. The number of terminal acetylenes is 1. The maximum Gasteiger partial charge on any atom is 0.408 e. The van der Waals surface area contributed by atoms with Crippen LogP contribution in [-0.2, 0) is 4.74 Å². The van der Waals surface area contributed by atoms with E-state index in [-0.39, 0.29) is 6.04 Å². The van der Waals surface area contributed by atoms with Gasteiger partial charge >= 0.3 is 6.09 Å². The Morgan fingerprint density at radius 1 is 1.35 bits per heavy atom. The van der Waals surface area contributed by atoms with E-state index >= 15 is 0 Å². The predicted octanol–water partition coefficient (Wildman–Crippen LogP) is 3.09. The molecule has 1 aliphatic rings. The zero-order valence-corrected chi connectivity index (χ0v) is 11.1. The fourth-order valence-corrected chi connectivity index (χ4v) is 2.20. The molecule has 1 N–H and O–H groups in total. The lowest BCUT2D eigenvalue weighted by Gasteiger charge is -2.28. The van der Waals surface area contributed by atoms with Gasteiger partial charge in [-0.3, -0.25) is 0 Å². The highest BCUT2D eigenvalue weighted by molar-refractivity contribution is 5.68. The average Bonchev–Trinajstić information content (AvgIpc) is 2.24. The van der Waals surface area contributed by atoms with Gasteiger partial charge in [0.2, 0.25) is 0 Å². The fourth-order valence-electron chi connectivity index (χ4n) is 2.20. The summed E-state index contributed by atoms with van der Waals surface area (Å²) in [4.78, 5) is 11.6. The van der Waals surface area contributed by atoms with E-state index in [1.165, 1.54) is 19.3 Å². The number of ether oxygens (including phenoxy) is 1. The van der Waals surface area contributed by atoms with Gasteiger partial charge in [0.1, 0.15) is 5.60 Å². The van der Waals surface area contributed by atoms with Crippen LogP contribution in [0, 0.1) is 18.3 Å². The fraction of sp³-hybridized carbons (Fsp3) is 0.786.